The summed E-state index contributed by atoms with van der Waals surface area (Å²) in [5, 5.41) is 12.7. The molecule has 1 atom stereocenters. The van der Waals surface area contributed by atoms with Gasteiger partial charge >= 0.3 is 12.1 Å². The number of carbonyl (C=O) groups excluding carboxylic acids is 1. The Morgan fingerprint density at radius 3 is 2.33 bits per heavy atom. The van der Waals surface area contributed by atoms with Crippen LogP contribution in [0.3, 0.4) is 0 Å². The molecule has 2 heterocycles. The maximum absolute atomic E-state index is 12.6. The number of nitrogens with zero attached hydrogens (tertiary/aromatic N) is 3. The first kappa shape index (κ1) is 18.2. The van der Waals surface area contributed by atoms with Gasteiger partial charge in [-0.05, 0) is 25.8 Å². The molecule has 7 nitrogen and oxygen atoms in total. The average Bonchev–Trinajstić information content (AvgIpc) is 3.03. The molecule has 1 aromatic rings. The predicted molar refractivity (Wildman–Crippen MR) is 75.1 cm³/mol. The van der Waals surface area contributed by atoms with Gasteiger partial charge in [-0.1, -0.05) is 0 Å². The molecule has 2 rings (SSSR count). The Labute approximate surface area is 136 Å². The molecule has 1 amide bonds. The van der Waals surface area contributed by atoms with Crippen LogP contribution in [0.4, 0.5) is 13.2 Å². The Kier molecular flexibility index (Phi) is 4.88. The number of ether oxygens (including phenoxy) is 1. The second-order valence-electron chi connectivity index (χ2n) is 5.74. The van der Waals surface area contributed by atoms with Crippen molar-refractivity contribution in [3.05, 3.63) is 18.0 Å². The minimum atomic E-state index is -4.50. The largest absolute Gasteiger partial charge is 0.479 e. The number of piperidine rings is 1. The van der Waals surface area contributed by atoms with E-state index in [2.05, 4.69) is 5.10 Å². The Morgan fingerprint density at radius 2 is 1.92 bits per heavy atom. The summed E-state index contributed by atoms with van der Waals surface area (Å²) >= 11 is 0. The number of methoxy groups -OCH3 is 1. The van der Waals surface area contributed by atoms with Crippen molar-refractivity contribution in [2.45, 2.75) is 37.6 Å². The molecule has 0 aromatic carbocycles. The summed E-state index contributed by atoms with van der Waals surface area (Å²) in [5.74, 6) is -2.06. The van der Waals surface area contributed by atoms with Gasteiger partial charge in [-0.2, -0.15) is 18.3 Å². The lowest BCUT2D eigenvalue weighted by atomic mass is 10.0. The van der Waals surface area contributed by atoms with E-state index in [1.165, 1.54) is 22.7 Å². The Hall–Kier alpha value is -2.10. The minimum absolute atomic E-state index is 0.219. The van der Waals surface area contributed by atoms with Crippen molar-refractivity contribution >= 4 is 11.9 Å². The molecule has 24 heavy (non-hydrogen) atoms. The Balaban J connectivity index is 2.02. The second kappa shape index (κ2) is 6.42. The monoisotopic (exact) mass is 349 g/mol. The van der Waals surface area contributed by atoms with Crippen molar-refractivity contribution in [2.75, 3.05) is 20.2 Å². The highest BCUT2D eigenvalue weighted by molar-refractivity contribution is 6.04. The van der Waals surface area contributed by atoms with Crippen LogP contribution in [-0.4, -0.2) is 57.5 Å². The summed E-state index contributed by atoms with van der Waals surface area (Å²) in [7, 11) is 1.14. The number of hydrogen-bond acceptors (Lipinski definition) is 4. The van der Waals surface area contributed by atoms with Crippen LogP contribution in [0.25, 0.3) is 0 Å². The first-order valence-electron chi connectivity index (χ1n) is 7.30. The topological polar surface area (TPSA) is 84.7 Å². The number of hydrogen-bond donors (Lipinski definition) is 1. The van der Waals surface area contributed by atoms with Crippen molar-refractivity contribution in [3.8, 4) is 0 Å². The number of carboxylic acids is 1. The smallest absolute Gasteiger partial charge is 0.435 e. The molecular formula is C14H18F3N3O4. The van der Waals surface area contributed by atoms with E-state index in [0.717, 1.165) is 13.2 Å². The standard InChI is InChI=1S/C14H18F3N3O4/c1-13(24-2,12(22)23)11(21)19-6-3-9(4-7-19)20-8-5-10(18-20)14(15,16)17/h5,8-9H,3-4,6-7H2,1-2H3,(H,22,23). The first-order chi connectivity index (χ1) is 11.1. The van der Waals surface area contributed by atoms with Crippen LogP contribution in [0.5, 0.6) is 0 Å². The highest BCUT2D eigenvalue weighted by Crippen LogP contribution is 2.30. The van der Waals surface area contributed by atoms with E-state index >= 15 is 0 Å². The fraction of sp³-hybridized carbons (Fsp3) is 0.643. The van der Waals surface area contributed by atoms with E-state index in [1.54, 1.807) is 0 Å². The highest BCUT2D eigenvalue weighted by atomic mass is 19.4. The number of alkyl halides is 3. The number of carbonyl (C=O) groups is 2. The van der Waals surface area contributed by atoms with Crippen molar-refractivity contribution in [1.29, 1.82) is 0 Å². The number of rotatable bonds is 4. The zero-order valence-corrected chi connectivity index (χ0v) is 13.2. The third kappa shape index (κ3) is 3.37. The SMILES string of the molecule is COC(C)(C(=O)O)C(=O)N1CCC(n2ccc(C(F)(F)F)n2)CC1. The number of carboxylic acid groups (broad SMARTS) is 1. The molecule has 0 radical (unpaired) electrons. The number of aliphatic carboxylic acids is 1. The number of halogens is 3. The van der Waals surface area contributed by atoms with Gasteiger partial charge in [0.05, 0.1) is 6.04 Å². The van der Waals surface area contributed by atoms with Crippen LogP contribution in [0.2, 0.25) is 0 Å². The van der Waals surface area contributed by atoms with Crippen molar-refractivity contribution in [2.24, 2.45) is 0 Å². The quantitative estimate of drug-likeness (QED) is 0.834. The zero-order valence-electron chi connectivity index (χ0n) is 13.2. The van der Waals surface area contributed by atoms with Crippen LogP contribution >= 0.6 is 0 Å². The summed E-state index contributed by atoms with van der Waals surface area (Å²) in [6.07, 6.45) is -2.47. The van der Waals surface area contributed by atoms with Crippen LogP contribution in [0.15, 0.2) is 12.3 Å². The van der Waals surface area contributed by atoms with Crippen molar-refractivity contribution in [3.63, 3.8) is 0 Å². The van der Waals surface area contributed by atoms with Crippen LogP contribution in [0.1, 0.15) is 31.5 Å². The van der Waals surface area contributed by atoms with E-state index in [4.69, 9.17) is 9.84 Å². The molecule has 1 N–H and O–H groups in total. The molecule has 1 fully saturated rings. The van der Waals surface area contributed by atoms with Crippen molar-refractivity contribution < 1.29 is 32.6 Å². The van der Waals surface area contributed by atoms with E-state index in [-0.39, 0.29) is 19.1 Å². The summed E-state index contributed by atoms with van der Waals surface area (Å²) in [5.41, 5.74) is -2.93. The highest BCUT2D eigenvalue weighted by Gasteiger charge is 2.45. The van der Waals surface area contributed by atoms with Gasteiger partial charge in [-0.15, -0.1) is 0 Å². The summed E-state index contributed by atoms with van der Waals surface area (Å²) in [4.78, 5) is 24.9. The van der Waals surface area contributed by atoms with Gasteiger partial charge in [0.25, 0.3) is 5.91 Å². The number of amides is 1. The van der Waals surface area contributed by atoms with Crippen molar-refractivity contribution in [1.82, 2.24) is 14.7 Å². The fourth-order valence-electron chi connectivity index (χ4n) is 2.59. The molecule has 0 saturated carbocycles. The van der Waals surface area contributed by atoms with Gasteiger partial charge in [0.15, 0.2) is 5.69 Å². The minimum Gasteiger partial charge on any atom is -0.479 e. The van der Waals surface area contributed by atoms with Gasteiger partial charge in [0.2, 0.25) is 5.60 Å². The molecule has 10 heteroatoms. The van der Waals surface area contributed by atoms with Gasteiger partial charge in [-0.25, -0.2) is 4.79 Å². The maximum Gasteiger partial charge on any atom is 0.435 e. The summed E-state index contributed by atoms with van der Waals surface area (Å²) in [6, 6.07) is 0.632. The van der Waals surface area contributed by atoms with E-state index in [1.807, 2.05) is 0 Å². The molecule has 134 valence electrons. The molecule has 1 aromatic heterocycles. The molecule has 0 bridgehead atoms. The third-order valence-corrected chi connectivity index (χ3v) is 4.25. The van der Waals surface area contributed by atoms with E-state index in [0.29, 0.717) is 12.8 Å². The Bertz CT molecular complexity index is 623. The number of likely N-dealkylation sites (tertiary alicyclic amines) is 1. The fourth-order valence-corrected chi connectivity index (χ4v) is 2.59. The molecule has 1 aliphatic heterocycles. The third-order valence-electron chi connectivity index (χ3n) is 4.25. The lowest BCUT2D eigenvalue weighted by Crippen LogP contribution is -2.55. The molecule has 1 aliphatic rings. The lowest BCUT2D eigenvalue weighted by Gasteiger charge is -2.36. The summed E-state index contributed by atoms with van der Waals surface area (Å²) < 4.78 is 43.8. The van der Waals surface area contributed by atoms with Gasteiger partial charge < -0.3 is 14.7 Å². The first-order valence-corrected chi connectivity index (χ1v) is 7.30. The second-order valence-corrected chi connectivity index (χ2v) is 5.74. The molecule has 1 unspecified atom stereocenters. The normalized spacial score (nSPS) is 19.1. The average molecular weight is 349 g/mol. The van der Waals surface area contributed by atoms with Gasteiger partial charge in [-0.3, -0.25) is 9.48 Å². The van der Waals surface area contributed by atoms with Gasteiger partial charge in [0.1, 0.15) is 0 Å². The van der Waals surface area contributed by atoms with Gasteiger partial charge in [0, 0.05) is 26.4 Å². The van der Waals surface area contributed by atoms with Crippen LogP contribution in [0, 0.1) is 0 Å². The maximum atomic E-state index is 12.6. The molecular weight excluding hydrogens is 331 g/mol. The molecule has 0 aliphatic carbocycles. The molecule has 1 saturated heterocycles. The zero-order chi connectivity index (χ0) is 18.1. The Morgan fingerprint density at radius 1 is 1.33 bits per heavy atom. The van der Waals surface area contributed by atoms with E-state index in [9.17, 15) is 22.8 Å². The molecule has 0 spiro atoms. The van der Waals surface area contributed by atoms with E-state index < -0.39 is 29.3 Å². The lowest BCUT2D eigenvalue weighted by molar-refractivity contribution is -0.174. The van der Waals surface area contributed by atoms with Crippen LogP contribution in [-0.2, 0) is 20.5 Å². The predicted octanol–water partition coefficient (Wildman–Crippen LogP) is 1.56. The number of aromatic nitrogens is 2. The summed E-state index contributed by atoms with van der Waals surface area (Å²) in [6.45, 7) is 1.61. The van der Waals surface area contributed by atoms with Crippen LogP contribution < -0.4 is 0 Å².